The SMILES string of the molecule is Cc1ccc(NS(=O)(=O)c2cc(S(C)(=O)=O)ccc2Cl)c(Cl)c1. The Morgan fingerprint density at radius 3 is 2.13 bits per heavy atom. The number of sulfone groups is 1. The average Bonchev–Trinajstić information content (AvgIpc) is 2.41. The van der Waals surface area contributed by atoms with Gasteiger partial charge in [0.1, 0.15) is 4.90 Å². The van der Waals surface area contributed by atoms with Gasteiger partial charge >= 0.3 is 0 Å². The van der Waals surface area contributed by atoms with Gasteiger partial charge in [-0.05, 0) is 42.8 Å². The molecule has 0 fully saturated rings. The van der Waals surface area contributed by atoms with Crippen molar-refractivity contribution in [2.45, 2.75) is 16.7 Å². The Kier molecular flexibility index (Phi) is 4.96. The fourth-order valence-corrected chi connectivity index (χ4v) is 4.49. The monoisotopic (exact) mass is 393 g/mol. The first-order chi connectivity index (χ1) is 10.5. The van der Waals surface area contributed by atoms with E-state index in [-0.39, 0.29) is 25.5 Å². The van der Waals surface area contributed by atoms with E-state index >= 15 is 0 Å². The van der Waals surface area contributed by atoms with E-state index in [0.717, 1.165) is 17.9 Å². The van der Waals surface area contributed by atoms with Crippen LogP contribution in [0.4, 0.5) is 5.69 Å². The Balaban J connectivity index is 2.51. The van der Waals surface area contributed by atoms with Crippen molar-refractivity contribution in [3.05, 3.63) is 52.0 Å². The fraction of sp³-hybridized carbons (Fsp3) is 0.143. The van der Waals surface area contributed by atoms with Crippen LogP contribution in [0.3, 0.4) is 0 Å². The second-order valence-electron chi connectivity index (χ2n) is 4.95. The number of halogens is 2. The Morgan fingerprint density at radius 1 is 0.913 bits per heavy atom. The molecule has 0 unspecified atom stereocenters. The number of hydrogen-bond acceptors (Lipinski definition) is 4. The van der Waals surface area contributed by atoms with Gasteiger partial charge in [-0.2, -0.15) is 0 Å². The second-order valence-corrected chi connectivity index (χ2v) is 9.43. The molecule has 5 nitrogen and oxygen atoms in total. The number of benzene rings is 2. The van der Waals surface area contributed by atoms with Crippen molar-refractivity contribution in [1.82, 2.24) is 0 Å². The van der Waals surface area contributed by atoms with Gasteiger partial charge in [0.15, 0.2) is 9.84 Å². The molecule has 0 aliphatic heterocycles. The van der Waals surface area contributed by atoms with Gasteiger partial charge in [0.05, 0.1) is 20.6 Å². The molecule has 0 atom stereocenters. The summed E-state index contributed by atoms with van der Waals surface area (Å²) >= 11 is 11.9. The van der Waals surface area contributed by atoms with E-state index < -0.39 is 19.9 Å². The highest BCUT2D eigenvalue weighted by atomic mass is 35.5. The first kappa shape index (κ1) is 18.1. The normalized spacial score (nSPS) is 12.2. The third-order valence-electron chi connectivity index (χ3n) is 2.99. The Labute approximate surface area is 145 Å². The predicted molar refractivity (Wildman–Crippen MR) is 91.6 cm³/mol. The molecule has 0 bridgehead atoms. The molecule has 0 heterocycles. The Bertz CT molecular complexity index is 970. The number of aryl methyl sites for hydroxylation is 1. The average molecular weight is 394 g/mol. The topological polar surface area (TPSA) is 80.3 Å². The van der Waals surface area contributed by atoms with Crippen molar-refractivity contribution in [3.8, 4) is 0 Å². The van der Waals surface area contributed by atoms with Gasteiger partial charge in [-0.15, -0.1) is 0 Å². The summed E-state index contributed by atoms with van der Waals surface area (Å²) in [5, 5.41) is 0.136. The molecule has 0 spiro atoms. The molecule has 0 saturated carbocycles. The molecule has 0 aliphatic carbocycles. The highest BCUT2D eigenvalue weighted by Crippen LogP contribution is 2.29. The minimum absolute atomic E-state index is 0.0897. The summed E-state index contributed by atoms with van der Waals surface area (Å²) in [6, 6.07) is 8.30. The summed E-state index contributed by atoms with van der Waals surface area (Å²) in [4.78, 5) is -0.476. The largest absolute Gasteiger partial charge is 0.278 e. The maximum Gasteiger partial charge on any atom is 0.263 e. The predicted octanol–water partition coefficient (Wildman–Crippen LogP) is 3.51. The van der Waals surface area contributed by atoms with Crippen LogP contribution in [0.5, 0.6) is 0 Å². The number of anilines is 1. The van der Waals surface area contributed by atoms with Gasteiger partial charge in [-0.1, -0.05) is 29.3 Å². The zero-order valence-corrected chi connectivity index (χ0v) is 15.3. The van der Waals surface area contributed by atoms with Gasteiger partial charge in [0.2, 0.25) is 0 Å². The molecule has 2 aromatic rings. The van der Waals surface area contributed by atoms with Crippen LogP contribution in [0.25, 0.3) is 0 Å². The van der Waals surface area contributed by atoms with Crippen molar-refractivity contribution in [1.29, 1.82) is 0 Å². The smallest absolute Gasteiger partial charge is 0.263 e. The second kappa shape index (κ2) is 6.32. The minimum Gasteiger partial charge on any atom is -0.278 e. The highest BCUT2D eigenvalue weighted by molar-refractivity contribution is 7.93. The van der Waals surface area contributed by atoms with E-state index in [1.807, 2.05) is 6.92 Å². The van der Waals surface area contributed by atoms with Crippen molar-refractivity contribution >= 4 is 48.7 Å². The summed E-state index contributed by atoms with van der Waals surface area (Å²) in [6.07, 6.45) is 0.983. The van der Waals surface area contributed by atoms with Crippen LogP contribution in [-0.4, -0.2) is 23.1 Å². The summed E-state index contributed by atoms with van der Waals surface area (Å²) in [5.74, 6) is 0. The quantitative estimate of drug-likeness (QED) is 0.861. The lowest BCUT2D eigenvalue weighted by molar-refractivity contribution is 0.600. The zero-order valence-electron chi connectivity index (χ0n) is 12.2. The zero-order chi connectivity index (χ0) is 17.4. The minimum atomic E-state index is -4.09. The van der Waals surface area contributed by atoms with E-state index in [2.05, 4.69) is 4.72 Å². The van der Waals surface area contributed by atoms with Gasteiger partial charge in [0, 0.05) is 6.26 Å². The van der Waals surface area contributed by atoms with Crippen LogP contribution in [0, 0.1) is 6.92 Å². The highest BCUT2D eigenvalue weighted by Gasteiger charge is 2.22. The van der Waals surface area contributed by atoms with Crippen molar-refractivity contribution in [3.63, 3.8) is 0 Å². The third-order valence-corrected chi connectivity index (χ3v) is 6.26. The van der Waals surface area contributed by atoms with Gasteiger partial charge < -0.3 is 0 Å². The Hall–Kier alpha value is -1.28. The number of nitrogens with one attached hydrogen (secondary N) is 1. The molecule has 9 heteroatoms. The molecule has 0 aromatic heterocycles. The van der Waals surface area contributed by atoms with E-state index in [0.29, 0.717) is 0 Å². The van der Waals surface area contributed by atoms with Crippen molar-refractivity contribution < 1.29 is 16.8 Å². The van der Waals surface area contributed by atoms with Crippen LogP contribution in [0.2, 0.25) is 10.0 Å². The summed E-state index contributed by atoms with van der Waals surface area (Å²) < 4.78 is 50.5. The summed E-state index contributed by atoms with van der Waals surface area (Å²) in [7, 11) is -7.66. The molecule has 2 aromatic carbocycles. The van der Waals surface area contributed by atoms with Crippen LogP contribution >= 0.6 is 23.2 Å². The molecule has 2 rings (SSSR count). The van der Waals surface area contributed by atoms with Crippen LogP contribution < -0.4 is 4.72 Å². The lowest BCUT2D eigenvalue weighted by Gasteiger charge is -2.12. The van der Waals surface area contributed by atoms with Crippen molar-refractivity contribution in [2.24, 2.45) is 0 Å². The van der Waals surface area contributed by atoms with E-state index in [1.165, 1.54) is 18.2 Å². The number of sulfonamides is 1. The van der Waals surface area contributed by atoms with E-state index in [9.17, 15) is 16.8 Å². The van der Waals surface area contributed by atoms with Gasteiger partial charge in [-0.25, -0.2) is 16.8 Å². The van der Waals surface area contributed by atoms with E-state index in [4.69, 9.17) is 23.2 Å². The molecule has 124 valence electrons. The van der Waals surface area contributed by atoms with Crippen LogP contribution in [0.1, 0.15) is 5.56 Å². The summed E-state index contributed by atoms with van der Waals surface area (Å²) in [6.45, 7) is 1.82. The lowest BCUT2D eigenvalue weighted by Crippen LogP contribution is -2.14. The van der Waals surface area contributed by atoms with E-state index in [1.54, 1.807) is 12.1 Å². The maximum absolute atomic E-state index is 12.5. The standard InChI is InChI=1S/C14H13Cl2NO4S2/c1-9-3-6-13(12(16)7-9)17-23(20,21)14-8-10(22(2,18)19)4-5-11(14)15/h3-8,17H,1-2H3. The number of hydrogen-bond donors (Lipinski definition) is 1. The number of rotatable bonds is 4. The first-order valence-corrected chi connectivity index (χ1v) is 10.4. The van der Waals surface area contributed by atoms with Crippen LogP contribution in [0.15, 0.2) is 46.2 Å². The first-order valence-electron chi connectivity index (χ1n) is 6.29. The molecular formula is C14H13Cl2NO4S2. The maximum atomic E-state index is 12.5. The molecule has 1 N–H and O–H groups in total. The van der Waals surface area contributed by atoms with Gasteiger partial charge in [-0.3, -0.25) is 4.72 Å². The molecular weight excluding hydrogens is 381 g/mol. The molecule has 23 heavy (non-hydrogen) atoms. The molecule has 0 radical (unpaired) electrons. The van der Waals surface area contributed by atoms with Gasteiger partial charge in [0.25, 0.3) is 10.0 Å². The molecule has 0 aliphatic rings. The molecule has 0 amide bonds. The molecule has 0 saturated heterocycles. The summed E-state index contributed by atoms with van der Waals surface area (Å²) in [5.41, 5.74) is 1.05. The Morgan fingerprint density at radius 2 is 1.57 bits per heavy atom. The third kappa shape index (κ3) is 4.17. The van der Waals surface area contributed by atoms with Crippen LogP contribution in [-0.2, 0) is 19.9 Å². The van der Waals surface area contributed by atoms with Crippen molar-refractivity contribution in [2.75, 3.05) is 11.0 Å². The lowest BCUT2D eigenvalue weighted by atomic mass is 10.2. The fourth-order valence-electron chi connectivity index (χ4n) is 1.82.